The van der Waals surface area contributed by atoms with Gasteiger partial charge < -0.3 is 5.11 Å². The summed E-state index contributed by atoms with van der Waals surface area (Å²) in [6.45, 7) is 11.0. The standard InChI is InChI=1S/C30H31ClN4O3S2/c1-6-7-9-23(20(3)31)28(34-39)29-33-27-24(25-18-21(16-17-32-25)30(4,5)36)10-8-11-26(27)35(29)40(37,38)22-14-12-19(2)13-15-22/h6-18,28,34,36,39H,3H2,1-2,4-5H3/b7-6-,23-9+. The third-order valence-corrected chi connectivity index (χ3v) is 8.66. The van der Waals surface area contributed by atoms with Crippen LogP contribution in [0.4, 0.5) is 0 Å². The van der Waals surface area contributed by atoms with Gasteiger partial charge in [-0.05, 0) is 69.2 Å². The Balaban J connectivity index is 2.10. The summed E-state index contributed by atoms with van der Waals surface area (Å²) in [6, 6.07) is 14.6. The number of pyridine rings is 1. The number of allylic oxidation sites excluding steroid dienone is 3. The summed E-state index contributed by atoms with van der Waals surface area (Å²) in [7, 11) is -4.13. The van der Waals surface area contributed by atoms with Crippen LogP contribution in [0.2, 0.25) is 0 Å². The third kappa shape index (κ3) is 5.80. The number of fused-ring (bicyclic) bond motifs is 1. The highest BCUT2D eigenvalue weighted by Gasteiger charge is 2.32. The van der Waals surface area contributed by atoms with Crippen LogP contribution in [0.3, 0.4) is 0 Å². The zero-order valence-corrected chi connectivity index (χ0v) is 25.1. The van der Waals surface area contributed by atoms with Crippen molar-refractivity contribution in [3.05, 3.63) is 113 Å². The van der Waals surface area contributed by atoms with Crippen LogP contribution in [0.5, 0.6) is 0 Å². The van der Waals surface area contributed by atoms with Crippen molar-refractivity contribution >= 4 is 45.5 Å². The van der Waals surface area contributed by atoms with Gasteiger partial charge in [0.2, 0.25) is 0 Å². The first-order valence-corrected chi connectivity index (χ1v) is 14.8. The molecule has 40 heavy (non-hydrogen) atoms. The fourth-order valence-corrected chi connectivity index (χ4v) is 6.24. The largest absolute Gasteiger partial charge is 0.386 e. The average Bonchev–Trinajstić information content (AvgIpc) is 3.31. The number of nitrogens with zero attached hydrogens (tertiary/aromatic N) is 3. The first kappa shape index (κ1) is 29.8. The van der Waals surface area contributed by atoms with Gasteiger partial charge in [0.25, 0.3) is 10.0 Å². The Morgan fingerprint density at radius 2 is 1.90 bits per heavy atom. The van der Waals surface area contributed by atoms with Crippen LogP contribution in [-0.4, -0.2) is 27.5 Å². The summed E-state index contributed by atoms with van der Waals surface area (Å²) < 4.78 is 32.6. The molecule has 0 saturated carbocycles. The number of aliphatic hydroxyl groups is 1. The van der Waals surface area contributed by atoms with Crippen LogP contribution in [0.15, 0.2) is 101 Å². The Hall–Kier alpha value is -3.21. The maximum atomic E-state index is 14.2. The van der Waals surface area contributed by atoms with Crippen molar-refractivity contribution in [3.8, 4) is 11.3 Å². The SMILES string of the molecule is C=C(Cl)/C(=C\C=C/C)C(NS)c1nc2c(-c3cc(C(C)(C)O)ccn3)cccc2n1S(=O)(=O)c1ccc(C)cc1. The third-order valence-electron chi connectivity index (χ3n) is 6.45. The van der Waals surface area contributed by atoms with E-state index in [-0.39, 0.29) is 15.8 Å². The van der Waals surface area contributed by atoms with Crippen molar-refractivity contribution in [3.63, 3.8) is 0 Å². The molecule has 1 unspecified atom stereocenters. The molecule has 0 saturated heterocycles. The van der Waals surface area contributed by atoms with Crippen LogP contribution < -0.4 is 4.72 Å². The molecular weight excluding hydrogens is 564 g/mol. The smallest absolute Gasteiger partial charge is 0.269 e. The van der Waals surface area contributed by atoms with E-state index in [1.165, 1.54) is 3.97 Å². The summed E-state index contributed by atoms with van der Waals surface area (Å²) in [6.07, 6.45) is 6.94. The Morgan fingerprint density at radius 3 is 2.50 bits per heavy atom. The molecule has 2 heterocycles. The normalized spacial score (nSPS) is 13.7. The van der Waals surface area contributed by atoms with E-state index in [9.17, 15) is 13.5 Å². The number of nitrogens with one attached hydrogen (secondary N) is 1. The summed E-state index contributed by atoms with van der Waals surface area (Å²) in [5.41, 5.74) is 2.88. The van der Waals surface area contributed by atoms with Gasteiger partial charge in [0.05, 0.1) is 27.2 Å². The number of thiol groups is 1. The number of para-hydroxylation sites is 1. The number of hydrogen-bond donors (Lipinski definition) is 3. The first-order valence-electron chi connectivity index (χ1n) is 12.5. The molecule has 7 nitrogen and oxygen atoms in total. The van der Waals surface area contributed by atoms with E-state index in [4.69, 9.17) is 16.6 Å². The molecule has 1 atom stereocenters. The monoisotopic (exact) mass is 594 g/mol. The van der Waals surface area contributed by atoms with E-state index in [2.05, 4.69) is 29.1 Å². The van der Waals surface area contributed by atoms with E-state index in [1.807, 2.05) is 26.0 Å². The van der Waals surface area contributed by atoms with E-state index in [0.717, 1.165) is 5.56 Å². The Morgan fingerprint density at radius 1 is 1.20 bits per heavy atom. The van der Waals surface area contributed by atoms with Crippen molar-refractivity contribution in [1.82, 2.24) is 18.7 Å². The van der Waals surface area contributed by atoms with Gasteiger partial charge in [-0.1, -0.05) is 79.1 Å². The van der Waals surface area contributed by atoms with E-state index >= 15 is 0 Å². The molecule has 208 valence electrons. The number of halogens is 1. The zero-order chi connectivity index (χ0) is 29.2. The topological polar surface area (TPSA) is 97.1 Å². The second-order valence-electron chi connectivity index (χ2n) is 9.83. The van der Waals surface area contributed by atoms with Crippen molar-refractivity contribution in [2.45, 2.75) is 44.2 Å². The fraction of sp³-hybridized carbons (Fsp3) is 0.200. The molecule has 0 fully saturated rings. The van der Waals surface area contributed by atoms with Crippen LogP contribution in [0.25, 0.3) is 22.3 Å². The van der Waals surface area contributed by atoms with Crippen LogP contribution in [0, 0.1) is 6.92 Å². The first-order chi connectivity index (χ1) is 18.9. The van der Waals surface area contributed by atoms with Crippen molar-refractivity contribution in [2.24, 2.45) is 0 Å². The number of aryl methyl sites for hydroxylation is 1. The second kappa shape index (κ2) is 11.7. The maximum absolute atomic E-state index is 14.2. The van der Waals surface area contributed by atoms with Gasteiger partial charge in [0.1, 0.15) is 11.9 Å². The summed E-state index contributed by atoms with van der Waals surface area (Å²) in [4.78, 5) is 9.50. The van der Waals surface area contributed by atoms with Gasteiger partial charge in [-0.25, -0.2) is 17.4 Å². The number of hydrogen-bond acceptors (Lipinski definition) is 7. The molecule has 0 bridgehead atoms. The minimum Gasteiger partial charge on any atom is -0.386 e. The molecule has 0 aliphatic rings. The molecule has 4 rings (SSSR count). The Bertz CT molecular complexity index is 1740. The zero-order valence-electron chi connectivity index (χ0n) is 22.6. The van der Waals surface area contributed by atoms with E-state index < -0.39 is 21.7 Å². The summed E-state index contributed by atoms with van der Waals surface area (Å²) >= 11 is 10.7. The van der Waals surface area contributed by atoms with Gasteiger partial charge in [-0.15, -0.1) is 0 Å². The van der Waals surface area contributed by atoms with Gasteiger partial charge in [0.15, 0.2) is 0 Å². The lowest BCUT2D eigenvalue weighted by atomic mass is 9.97. The highest BCUT2D eigenvalue weighted by molar-refractivity contribution is 7.90. The predicted octanol–water partition coefficient (Wildman–Crippen LogP) is 6.60. The van der Waals surface area contributed by atoms with Crippen molar-refractivity contribution < 1.29 is 13.5 Å². The molecule has 2 N–H and O–H groups in total. The van der Waals surface area contributed by atoms with Crippen LogP contribution >= 0.6 is 24.4 Å². The number of imidazole rings is 1. The molecule has 10 heteroatoms. The molecule has 0 aliphatic carbocycles. The molecule has 2 aromatic heterocycles. The van der Waals surface area contributed by atoms with Crippen LogP contribution in [-0.2, 0) is 15.6 Å². The Labute approximate surface area is 245 Å². The quantitative estimate of drug-likeness (QED) is 0.149. The van der Waals surface area contributed by atoms with Crippen molar-refractivity contribution in [1.29, 1.82) is 0 Å². The van der Waals surface area contributed by atoms with E-state index in [1.54, 1.807) is 80.7 Å². The molecule has 0 amide bonds. The van der Waals surface area contributed by atoms with Gasteiger partial charge in [0, 0.05) is 16.8 Å². The fourth-order valence-electron chi connectivity index (χ4n) is 4.32. The van der Waals surface area contributed by atoms with Gasteiger partial charge in [-0.2, -0.15) is 0 Å². The lowest BCUT2D eigenvalue weighted by Crippen LogP contribution is -2.24. The van der Waals surface area contributed by atoms with Gasteiger partial charge in [-0.3, -0.25) is 9.71 Å². The highest BCUT2D eigenvalue weighted by Crippen LogP contribution is 2.37. The molecule has 2 aromatic carbocycles. The maximum Gasteiger partial charge on any atom is 0.269 e. The number of rotatable bonds is 9. The lowest BCUT2D eigenvalue weighted by molar-refractivity contribution is 0.0785. The van der Waals surface area contributed by atoms with E-state index in [0.29, 0.717) is 33.4 Å². The predicted molar refractivity (Wildman–Crippen MR) is 165 cm³/mol. The summed E-state index contributed by atoms with van der Waals surface area (Å²) in [5, 5.41) is 10.8. The summed E-state index contributed by atoms with van der Waals surface area (Å²) in [5.74, 6) is 0.147. The van der Waals surface area contributed by atoms with Crippen molar-refractivity contribution in [2.75, 3.05) is 0 Å². The molecule has 0 aliphatic heterocycles. The Kier molecular flexibility index (Phi) is 8.72. The number of aromatic nitrogens is 3. The minimum absolute atomic E-state index is 0.104. The second-order valence-corrected chi connectivity index (χ2v) is 12.3. The lowest BCUT2D eigenvalue weighted by Gasteiger charge is -2.20. The average molecular weight is 595 g/mol. The molecular formula is C30H31ClN4O3S2. The molecule has 4 aromatic rings. The number of benzene rings is 2. The molecule has 0 radical (unpaired) electrons. The highest BCUT2D eigenvalue weighted by atomic mass is 35.5. The van der Waals surface area contributed by atoms with Gasteiger partial charge >= 0.3 is 0 Å². The minimum atomic E-state index is -4.13. The molecule has 0 spiro atoms. The van der Waals surface area contributed by atoms with Crippen LogP contribution in [0.1, 0.15) is 43.8 Å².